The van der Waals surface area contributed by atoms with Gasteiger partial charge in [-0.3, -0.25) is 14.6 Å². The van der Waals surface area contributed by atoms with Crippen molar-refractivity contribution >= 4 is 11.9 Å². The fourth-order valence-electron chi connectivity index (χ4n) is 3.08. The summed E-state index contributed by atoms with van der Waals surface area (Å²) < 4.78 is 39.7. The average molecular weight is 394 g/mol. The van der Waals surface area contributed by atoms with Crippen molar-refractivity contribution in [2.45, 2.75) is 37.4 Å². The zero-order valence-corrected chi connectivity index (χ0v) is 15.7. The largest absolute Gasteiger partial charge is 0.398 e. The van der Waals surface area contributed by atoms with Crippen LogP contribution in [-0.4, -0.2) is 36.1 Å². The summed E-state index contributed by atoms with van der Waals surface area (Å²) in [6.45, 7) is 1.71. The highest BCUT2D eigenvalue weighted by Gasteiger charge is 2.64. The van der Waals surface area contributed by atoms with Gasteiger partial charge in [0, 0.05) is 20.2 Å². The van der Waals surface area contributed by atoms with E-state index >= 15 is 0 Å². The van der Waals surface area contributed by atoms with E-state index in [0.717, 1.165) is 6.07 Å². The van der Waals surface area contributed by atoms with E-state index < -0.39 is 29.1 Å². The van der Waals surface area contributed by atoms with Gasteiger partial charge in [-0.05, 0) is 30.9 Å². The van der Waals surface area contributed by atoms with Crippen LogP contribution in [0.15, 0.2) is 35.1 Å². The number of alkyl halides is 3. The SMILES string of the molecule is C[C@H](NC(=O)c1cc(=O)[nH]c(N(C)C)n1)c1ccc(C2(C(F)(F)F)CC2)cc1. The molecule has 1 aliphatic rings. The maximum atomic E-state index is 13.2. The van der Waals surface area contributed by atoms with Crippen LogP contribution in [0.5, 0.6) is 0 Å². The highest BCUT2D eigenvalue weighted by molar-refractivity contribution is 5.92. The first-order chi connectivity index (χ1) is 13.0. The minimum absolute atomic E-state index is 0.0371. The van der Waals surface area contributed by atoms with Crippen molar-refractivity contribution in [3.8, 4) is 0 Å². The second-order valence-corrected chi connectivity index (χ2v) is 7.25. The molecule has 1 saturated carbocycles. The topological polar surface area (TPSA) is 78.1 Å². The van der Waals surface area contributed by atoms with Crippen LogP contribution in [0.4, 0.5) is 19.1 Å². The van der Waals surface area contributed by atoms with Gasteiger partial charge < -0.3 is 10.2 Å². The number of carbonyl (C=O) groups is 1. The van der Waals surface area contributed by atoms with Gasteiger partial charge in [0.1, 0.15) is 5.69 Å². The van der Waals surface area contributed by atoms with Crippen LogP contribution >= 0.6 is 0 Å². The number of hydrogen-bond donors (Lipinski definition) is 2. The molecule has 6 nitrogen and oxygen atoms in total. The third-order valence-electron chi connectivity index (χ3n) is 4.99. The molecule has 0 spiro atoms. The van der Waals surface area contributed by atoms with Gasteiger partial charge in [-0.2, -0.15) is 13.2 Å². The van der Waals surface area contributed by atoms with Crippen molar-refractivity contribution in [3.05, 3.63) is 57.5 Å². The van der Waals surface area contributed by atoms with Crippen molar-refractivity contribution in [2.75, 3.05) is 19.0 Å². The van der Waals surface area contributed by atoms with Crippen LogP contribution in [-0.2, 0) is 5.41 Å². The first kappa shape index (κ1) is 19.9. The predicted octanol–water partition coefficient (Wildman–Crippen LogP) is 2.92. The van der Waals surface area contributed by atoms with Crippen LogP contribution in [0.3, 0.4) is 0 Å². The number of aromatic nitrogens is 2. The van der Waals surface area contributed by atoms with Crippen LogP contribution in [0.1, 0.15) is 47.4 Å². The first-order valence-corrected chi connectivity index (χ1v) is 8.80. The van der Waals surface area contributed by atoms with Gasteiger partial charge in [-0.25, -0.2) is 4.98 Å². The van der Waals surface area contributed by atoms with Crippen molar-refractivity contribution in [2.24, 2.45) is 0 Å². The Bertz CT molecular complexity index is 931. The minimum Gasteiger partial charge on any atom is -0.348 e. The predicted molar refractivity (Wildman–Crippen MR) is 98.5 cm³/mol. The third-order valence-corrected chi connectivity index (χ3v) is 4.99. The molecule has 0 bridgehead atoms. The number of hydrogen-bond acceptors (Lipinski definition) is 4. The van der Waals surface area contributed by atoms with Gasteiger partial charge in [0.2, 0.25) is 5.95 Å². The van der Waals surface area contributed by atoms with E-state index in [1.165, 1.54) is 12.1 Å². The van der Waals surface area contributed by atoms with E-state index in [-0.39, 0.29) is 30.0 Å². The molecule has 0 aliphatic heterocycles. The summed E-state index contributed by atoms with van der Waals surface area (Å²) in [6.07, 6.45) is -4.06. The fourth-order valence-corrected chi connectivity index (χ4v) is 3.08. The number of carbonyl (C=O) groups excluding carboxylic acids is 1. The van der Waals surface area contributed by atoms with E-state index in [1.807, 2.05) is 0 Å². The molecule has 3 rings (SSSR count). The molecule has 1 aliphatic carbocycles. The summed E-state index contributed by atoms with van der Waals surface area (Å²) >= 11 is 0. The summed E-state index contributed by atoms with van der Waals surface area (Å²) in [6, 6.07) is 6.73. The Morgan fingerprint density at radius 1 is 1.25 bits per heavy atom. The lowest BCUT2D eigenvalue weighted by molar-refractivity contribution is -0.160. The van der Waals surface area contributed by atoms with E-state index in [9.17, 15) is 22.8 Å². The normalized spacial score (nSPS) is 16.4. The van der Waals surface area contributed by atoms with E-state index in [0.29, 0.717) is 5.56 Å². The highest BCUT2D eigenvalue weighted by Crippen LogP contribution is 2.58. The molecule has 28 heavy (non-hydrogen) atoms. The van der Waals surface area contributed by atoms with Crippen molar-refractivity contribution in [1.82, 2.24) is 15.3 Å². The van der Waals surface area contributed by atoms with Gasteiger partial charge in [0.05, 0.1) is 11.5 Å². The summed E-state index contributed by atoms with van der Waals surface area (Å²) in [5, 5.41) is 2.71. The lowest BCUT2D eigenvalue weighted by atomic mass is 9.93. The van der Waals surface area contributed by atoms with Crippen molar-refractivity contribution < 1.29 is 18.0 Å². The Morgan fingerprint density at radius 2 is 1.86 bits per heavy atom. The average Bonchev–Trinajstić information content (AvgIpc) is 3.43. The van der Waals surface area contributed by atoms with Crippen LogP contribution < -0.4 is 15.8 Å². The molecule has 1 heterocycles. The minimum atomic E-state index is -4.26. The lowest BCUT2D eigenvalue weighted by Gasteiger charge is -2.21. The standard InChI is InChI=1S/C19H21F3N4O2/c1-11(23-16(28)14-10-15(27)25-17(24-14)26(2)3)12-4-6-13(7-5-12)18(8-9-18)19(20,21)22/h4-7,10-11H,8-9H2,1-3H3,(H,23,28)(H,24,25,27)/t11-/m0/s1. The van der Waals surface area contributed by atoms with Crippen molar-refractivity contribution in [3.63, 3.8) is 0 Å². The maximum Gasteiger partial charge on any atom is 0.398 e. The van der Waals surface area contributed by atoms with Crippen LogP contribution in [0.2, 0.25) is 0 Å². The highest BCUT2D eigenvalue weighted by atomic mass is 19.4. The second kappa shape index (κ2) is 6.96. The fraction of sp³-hybridized carbons (Fsp3) is 0.421. The molecule has 150 valence electrons. The van der Waals surface area contributed by atoms with E-state index in [1.54, 1.807) is 38.1 Å². The molecule has 1 atom stereocenters. The Morgan fingerprint density at radius 3 is 2.36 bits per heavy atom. The Labute approximate surface area is 159 Å². The Balaban J connectivity index is 1.74. The van der Waals surface area contributed by atoms with Gasteiger partial charge in [-0.1, -0.05) is 24.3 Å². The number of H-pyrrole nitrogens is 1. The number of rotatable bonds is 5. The van der Waals surface area contributed by atoms with Gasteiger partial charge in [0.25, 0.3) is 11.5 Å². The zero-order chi connectivity index (χ0) is 20.7. The molecule has 1 fully saturated rings. The quantitative estimate of drug-likeness (QED) is 0.818. The van der Waals surface area contributed by atoms with Gasteiger partial charge in [-0.15, -0.1) is 0 Å². The maximum absolute atomic E-state index is 13.2. The van der Waals surface area contributed by atoms with E-state index in [2.05, 4.69) is 15.3 Å². The van der Waals surface area contributed by atoms with E-state index in [4.69, 9.17) is 0 Å². The summed E-state index contributed by atoms with van der Waals surface area (Å²) in [4.78, 5) is 32.3. The molecule has 9 heteroatoms. The molecule has 1 aromatic carbocycles. The molecule has 2 N–H and O–H groups in total. The number of nitrogens with zero attached hydrogens (tertiary/aromatic N) is 2. The molecule has 2 aromatic rings. The van der Waals surface area contributed by atoms with Crippen LogP contribution in [0, 0.1) is 0 Å². The molecule has 0 saturated heterocycles. The summed E-state index contributed by atoms with van der Waals surface area (Å²) in [5.74, 6) is -0.295. The molecule has 1 aromatic heterocycles. The first-order valence-electron chi connectivity index (χ1n) is 8.80. The Kier molecular flexibility index (Phi) is 4.95. The summed E-state index contributed by atoms with van der Waals surface area (Å²) in [5.41, 5.74) is -1.31. The van der Waals surface area contributed by atoms with Gasteiger partial charge >= 0.3 is 6.18 Å². The number of aromatic amines is 1. The Hall–Kier alpha value is -2.84. The third kappa shape index (κ3) is 3.74. The molecule has 1 amide bonds. The second-order valence-electron chi connectivity index (χ2n) is 7.25. The monoisotopic (exact) mass is 394 g/mol. The lowest BCUT2D eigenvalue weighted by Crippen LogP contribution is -2.30. The molecule has 0 unspecified atom stereocenters. The number of benzene rings is 1. The number of halogens is 3. The summed E-state index contributed by atoms with van der Waals surface area (Å²) in [7, 11) is 3.36. The number of amides is 1. The number of nitrogens with one attached hydrogen (secondary N) is 2. The number of anilines is 1. The zero-order valence-electron chi connectivity index (χ0n) is 15.7. The molecular formula is C19H21F3N4O2. The molecule has 0 radical (unpaired) electrons. The van der Waals surface area contributed by atoms with Crippen LogP contribution in [0.25, 0.3) is 0 Å². The molecular weight excluding hydrogens is 373 g/mol. The van der Waals surface area contributed by atoms with Crippen molar-refractivity contribution in [1.29, 1.82) is 0 Å². The smallest absolute Gasteiger partial charge is 0.348 e. The van der Waals surface area contributed by atoms with Gasteiger partial charge in [0.15, 0.2) is 0 Å².